The van der Waals surface area contributed by atoms with Gasteiger partial charge in [0, 0.05) is 41.8 Å². The number of aromatic amines is 1. The van der Waals surface area contributed by atoms with Crippen molar-refractivity contribution in [2.45, 2.75) is 33.6 Å². The molecule has 0 fully saturated rings. The minimum absolute atomic E-state index is 0.527. The number of benzene rings is 1. The van der Waals surface area contributed by atoms with E-state index in [1.807, 2.05) is 63.3 Å². The molecule has 1 aromatic heterocycles. The van der Waals surface area contributed by atoms with E-state index in [1.165, 1.54) is 11.8 Å². The molecule has 0 saturated heterocycles. The van der Waals surface area contributed by atoms with Gasteiger partial charge in [-0.05, 0) is 61.3 Å². The van der Waals surface area contributed by atoms with Crippen molar-refractivity contribution in [3.63, 3.8) is 0 Å². The van der Waals surface area contributed by atoms with Crippen LogP contribution in [0.2, 0.25) is 0 Å². The van der Waals surface area contributed by atoms with Crippen LogP contribution in [-0.2, 0) is 12.8 Å². The van der Waals surface area contributed by atoms with Gasteiger partial charge < -0.3 is 16.0 Å². The number of aryl methyl sites for hydroxylation is 1. The Hall–Kier alpha value is -4.82. The summed E-state index contributed by atoms with van der Waals surface area (Å²) in [6, 6.07) is 10.2. The van der Waals surface area contributed by atoms with Gasteiger partial charge in [-0.25, -0.2) is 4.98 Å². The molecule has 2 aromatic rings. The van der Waals surface area contributed by atoms with E-state index >= 15 is 0 Å². The summed E-state index contributed by atoms with van der Waals surface area (Å²) in [5, 5.41) is 3.36. The molecule has 38 heavy (non-hydrogen) atoms. The standard InChI is InChI=1S/C31H37N5.C2H2/c1-8-26(19-28(9-2)34-23(6)18-25-15-13-12-14-16-25)22(5)17-27(29(32)10-3)20-31-35-24(7)30(36-31)21-33-11-4;1-2/h8-17,19,21,34H,2,4-6,18,20,32H2,1,3,7H3,(H,35,36);1-2H/b26-8+,27-17-,28-19+,29-10+,33-21?;. The number of terminal acetylenes is 1. The molecule has 5 nitrogen and oxygen atoms in total. The number of nitrogens with zero attached hydrogens (tertiary/aromatic N) is 2. The molecule has 0 saturated carbocycles. The van der Waals surface area contributed by atoms with Gasteiger partial charge in [-0.15, -0.1) is 12.8 Å². The first-order chi connectivity index (χ1) is 18.3. The summed E-state index contributed by atoms with van der Waals surface area (Å²) in [5.74, 6) is 0.796. The third kappa shape index (κ3) is 10.0. The Morgan fingerprint density at radius 3 is 2.34 bits per heavy atom. The lowest BCUT2D eigenvalue weighted by Crippen LogP contribution is -2.12. The molecule has 1 heterocycles. The molecule has 0 amide bonds. The molecular weight excluding hydrogens is 466 g/mol. The predicted molar refractivity (Wildman–Crippen MR) is 164 cm³/mol. The van der Waals surface area contributed by atoms with Crippen molar-refractivity contribution in [2.24, 2.45) is 10.7 Å². The zero-order chi connectivity index (χ0) is 28.5. The topological polar surface area (TPSA) is 79.1 Å². The fourth-order valence-electron chi connectivity index (χ4n) is 3.53. The number of nitrogens with one attached hydrogen (secondary N) is 2. The number of nitrogens with two attached hydrogens (primary N) is 1. The second-order valence-corrected chi connectivity index (χ2v) is 8.21. The minimum Gasteiger partial charge on any atom is -0.399 e. The Kier molecular flexibility index (Phi) is 13.8. The largest absolute Gasteiger partial charge is 0.399 e. The van der Waals surface area contributed by atoms with E-state index in [4.69, 9.17) is 5.73 Å². The molecule has 5 heteroatoms. The Morgan fingerprint density at radius 2 is 1.76 bits per heavy atom. The summed E-state index contributed by atoms with van der Waals surface area (Å²) >= 11 is 0. The van der Waals surface area contributed by atoms with Crippen LogP contribution in [0.1, 0.15) is 36.6 Å². The second-order valence-electron chi connectivity index (χ2n) is 8.21. The van der Waals surface area contributed by atoms with Crippen molar-refractivity contribution in [1.82, 2.24) is 15.3 Å². The molecular formula is C33H39N5. The summed E-state index contributed by atoms with van der Waals surface area (Å²) in [5.41, 5.74) is 14.3. The highest BCUT2D eigenvalue weighted by Gasteiger charge is 2.11. The quantitative estimate of drug-likeness (QED) is 0.159. The van der Waals surface area contributed by atoms with Crippen molar-refractivity contribution >= 4 is 6.21 Å². The highest BCUT2D eigenvalue weighted by molar-refractivity contribution is 5.79. The average Bonchev–Trinajstić information content (AvgIpc) is 3.28. The Labute approximate surface area is 228 Å². The van der Waals surface area contributed by atoms with Crippen LogP contribution in [-0.4, -0.2) is 16.2 Å². The Morgan fingerprint density at radius 1 is 1.08 bits per heavy atom. The predicted octanol–water partition coefficient (Wildman–Crippen LogP) is 6.78. The minimum atomic E-state index is 0.527. The van der Waals surface area contributed by atoms with E-state index in [0.29, 0.717) is 12.1 Å². The van der Waals surface area contributed by atoms with Crippen LogP contribution in [0.25, 0.3) is 0 Å². The normalized spacial score (nSPS) is 12.4. The van der Waals surface area contributed by atoms with Gasteiger partial charge in [0.1, 0.15) is 11.5 Å². The van der Waals surface area contributed by atoms with Gasteiger partial charge in [-0.2, -0.15) is 0 Å². The maximum Gasteiger partial charge on any atom is 0.111 e. The first kappa shape index (κ1) is 31.2. The lowest BCUT2D eigenvalue weighted by Gasteiger charge is -2.13. The van der Waals surface area contributed by atoms with Crippen LogP contribution in [0, 0.1) is 19.8 Å². The Balaban J connectivity index is 0.00000352. The summed E-state index contributed by atoms with van der Waals surface area (Å²) in [6.07, 6.45) is 22.1. The van der Waals surface area contributed by atoms with Crippen molar-refractivity contribution in [3.8, 4) is 12.8 Å². The molecule has 0 spiro atoms. The zero-order valence-corrected chi connectivity index (χ0v) is 22.8. The first-order valence-electron chi connectivity index (χ1n) is 12.1. The van der Waals surface area contributed by atoms with Crippen LogP contribution >= 0.6 is 0 Å². The third-order valence-electron chi connectivity index (χ3n) is 5.46. The molecule has 0 aliphatic rings. The number of aliphatic imine (C=N–C) groups is 1. The van der Waals surface area contributed by atoms with Crippen LogP contribution in [0.4, 0.5) is 0 Å². The van der Waals surface area contributed by atoms with Gasteiger partial charge in [0.25, 0.3) is 0 Å². The van der Waals surface area contributed by atoms with Gasteiger partial charge >= 0.3 is 0 Å². The maximum absolute atomic E-state index is 6.34. The van der Waals surface area contributed by atoms with Gasteiger partial charge in [-0.1, -0.05) is 68.8 Å². The number of imidazole rings is 1. The van der Waals surface area contributed by atoms with Gasteiger partial charge in [0.2, 0.25) is 0 Å². The van der Waals surface area contributed by atoms with Gasteiger partial charge in [-0.3, -0.25) is 4.99 Å². The van der Waals surface area contributed by atoms with E-state index in [1.54, 1.807) is 12.3 Å². The smallest absolute Gasteiger partial charge is 0.111 e. The van der Waals surface area contributed by atoms with E-state index < -0.39 is 0 Å². The number of hydrogen-bond donors (Lipinski definition) is 3. The van der Waals surface area contributed by atoms with E-state index in [-0.39, 0.29) is 0 Å². The van der Waals surface area contributed by atoms with Crippen LogP contribution < -0.4 is 11.1 Å². The summed E-state index contributed by atoms with van der Waals surface area (Å²) in [6.45, 7) is 21.9. The SMILES string of the molecule is C#C.C=CN=Cc1nc(CC(=C/C(=C)C(/C=C(\C=C)NC(=C)Cc2ccccc2)=C/C)/C(N)=C\C)[nH]c1C. The van der Waals surface area contributed by atoms with Crippen molar-refractivity contribution in [2.75, 3.05) is 0 Å². The number of hydrogen-bond acceptors (Lipinski definition) is 4. The average molecular weight is 506 g/mol. The zero-order valence-electron chi connectivity index (χ0n) is 22.8. The molecule has 0 unspecified atom stereocenters. The molecule has 0 atom stereocenters. The molecule has 196 valence electrons. The highest BCUT2D eigenvalue weighted by Crippen LogP contribution is 2.20. The lowest BCUT2D eigenvalue weighted by atomic mass is 9.99. The molecule has 2 rings (SSSR count). The van der Waals surface area contributed by atoms with Gasteiger partial charge in [0.15, 0.2) is 0 Å². The fourth-order valence-corrected chi connectivity index (χ4v) is 3.53. The monoisotopic (exact) mass is 505 g/mol. The van der Waals surface area contributed by atoms with Crippen molar-refractivity contribution < 1.29 is 0 Å². The molecule has 0 radical (unpaired) electrons. The van der Waals surface area contributed by atoms with E-state index in [2.05, 4.69) is 71.6 Å². The summed E-state index contributed by atoms with van der Waals surface area (Å²) < 4.78 is 0. The van der Waals surface area contributed by atoms with E-state index in [0.717, 1.165) is 51.7 Å². The molecule has 0 aliphatic carbocycles. The second kappa shape index (κ2) is 16.8. The summed E-state index contributed by atoms with van der Waals surface area (Å²) in [7, 11) is 0. The van der Waals surface area contributed by atoms with Crippen LogP contribution in [0.15, 0.2) is 132 Å². The van der Waals surface area contributed by atoms with Gasteiger partial charge in [0.05, 0.1) is 6.21 Å². The van der Waals surface area contributed by atoms with Crippen LogP contribution in [0.3, 0.4) is 0 Å². The lowest BCUT2D eigenvalue weighted by molar-refractivity contribution is 0.940. The molecule has 0 bridgehead atoms. The number of H-pyrrole nitrogens is 1. The van der Waals surface area contributed by atoms with Crippen LogP contribution in [0.5, 0.6) is 0 Å². The number of allylic oxidation sites excluding steroid dienone is 9. The fraction of sp³-hybridized carbons (Fsp3) is 0.152. The molecule has 1 aromatic carbocycles. The number of aromatic nitrogens is 2. The Bertz CT molecular complexity index is 1290. The molecule has 0 aliphatic heterocycles. The molecule has 4 N–H and O–H groups in total. The highest BCUT2D eigenvalue weighted by atomic mass is 14.9. The number of rotatable bonds is 13. The van der Waals surface area contributed by atoms with Crippen molar-refractivity contribution in [1.29, 1.82) is 0 Å². The third-order valence-corrected chi connectivity index (χ3v) is 5.46. The van der Waals surface area contributed by atoms with E-state index in [9.17, 15) is 0 Å². The first-order valence-corrected chi connectivity index (χ1v) is 12.1. The van der Waals surface area contributed by atoms with Crippen molar-refractivity contribution in [3.05, 3.63) is 150 Å². The maximum atomic E-state index is 6.34. The summed E-state index contributed by atoms with van der Waals surface area (Å²) in [4.78, 5) is 12.0.